The first-order chi connectivity index (χ1) is 13.5. The molecule has 1 aromatic heterocycles. The van der Waals surface area contributed by atoms with Gasteiger partial charge in [0.1, 0.15) is 5.69 Å². The van der Waals surface area contributed by atoms with Crippen LogP contribution in [0.1, 0.15) is 45.6 Å². The lowest BCUT2D eigenvalue weighted by Gasteiger charge is -2.16. The Hall–Kier alpha value is -2.68. The Bertz CT molecular complexity index is 966. The van der Waals surface area contributed by atoms with Gasteiger partial charge in [-0.1, -0.05) is 6.07 Å². The zero-order valence-electron chi connectivity index (χ0n) is 15.9. The molecule has 1 unspecified atom stereocenters. The van der Waals surface area contributed by atoms with Crippen molar-refractivity contribution in [2.45, 2.75) is 43.6 Å². The highest BCUT2D eigenvalue weighted by Crippen LogP contribution is 2.38. The molecule has 1 atom stereocenters. The molecule has 1 aromatic carbocycles. The minimum atomic E-state index is -1.87. The van der Waals surface area contributed by atoms with Gasteiger partial charge >= 0.3 is 6.03 Å². The van der Waals surface area contributed by atoms with E-state index in [0.717, 1.165) is 44.2 Å². The Labute approximate surface area is 165 Å². The van der Waals surface area contributed by atoms with Gasteiger partial charge in [-0.3, -0.25) is 14.2 Å². The molecule has 0 saturated heterocycles. The lowest BCUT2D eigenvalue weighted by atomic mass is 9.99. The highest BCUT2D eigenvalue weighted by Gasteiger charge is 2.25. The van der Waals surface area contributed by atoms with Crippen LogP contribution in [-0.2, 0) is 43.7 Å². The molecule has 0 saturated carbocycles. The number of anilines is 1. The summed E-state index contributed by atoms with van der Waals surface area (Å²) in [4.78, 5) is 24.3. The standard InChI is InChI=1S/C19H23N5O3S/c1-20-18(25)15-10-16(22-24(15)2)28(27)23-19(26)21-17-13-7-3-5-11(13)9-12-6-4-8-14(12)17/h9-10H,3-8H2,1-2H3,(H,20,25)(H2,21,23,26). The molecule has 2 aromatic rings. The zero-order chi connectivity index (χ0) is 19.8. The van der Waals surface area contributed by atoms with Crippen molar-refractivity contribution in [2.24, 2.45) is 7.05 Å². The van der Waals surface area contributed by atoms with Gasteiger partial charge in [0.25, 0.3) is 5.91 Å². The number of fused-ring (bicyclic) bond motifs is 2. The number of urea groups is 1. The van der Waals surface area contributed by atoms with E-state index in [1.807, 2.05) is 0 Å². The molecule has 148 valence electrons. The van der Waals surface area contributed by atoms with Gasteiger partial charge in [-0.15, -0.1) is 0 Å². The summed E-state index contributed by atoms with van der Waals surface area (Å²) in [7, 11) is 1.23. The highest BCUT2D eigenvalue weighted by molar-refractivity contribution is 7.83. The van der Waals surface area contributed by atoms with Crippen molar-refractivity contribution in [3.8, 4) is 0 Å². The van der Waals surface area contributed by atoms with Crippen molar-refractivity contribution in [2.75, 3.05) is 12.4 Å². The molecular formula is C19H23N5O3S. The number of carbonyl (C=O) groups excluding carboxylic acids is 2. The van der Waals surface area contributed by atoms with Crippen molar-refractivity contribution in [3.05, 3.63) is 40.1 Å². The van der Waals surface area contributed by atoms with Gasteiger partial charge in [0.05, 0.1) is 0 Å². The maximum atomic E-state index is 12.5. The van der Waals surface area contributed by atoms with Gasteiger partial charge in [0, 0.05) is 25.8 Å². The lowest BCUT2D eigenvalue weighted by Crippen LogP contribution is -2.31. The van der Waals surface area contributed by atoms with Crippen LogP contribution in [0.4, 0.5) is 10.5 Å². The number of amides is 3. The summed E-state index contributed by atoms with van der Waals surface area (Å²) in [6.45, 7) is 0. The van der Waals surface area contributed by atoms with Crippen LogP contribution in [0.15, 0.2) is 17.2 Å². The Morgan fingerprint density at radius 2 is 1.71 bits per heavy atom. The summed E-state index contributed by atoms with van der Waals surface area (Å²) in [5, 5.41) is 9.63. The molecular weight excluding hydrogens is 378 g/mol. The molecule has 0 bridgehead atoms. The van der Waals surface area contributed by atoms with Gasteiger partial charge in [-0.25, -0.2) is 9.00 Å². The molecule has 8 nitrogen and oxygen atoms in total. The van der Waals surface area contributed by atoms with E-state index in [2.05, 4.69) is 26.5 Å². The van der Waals surface area contributed by atoms with Gasteiger partial charge in [-0.05, 0) is 60.8 Å². The Morgan fingerprint density at radius 3 is 2.32 bits per heavy atom. The van der Waals surface area contributed by atoms with Crippen LogP contribution in [0.25, 0.3) is 0 Å². The maximum Gasteiger partial charge on any atom is 0.331 e. The third kappa shape index (κ3) is 3.30. The average Bonchev–Trinajstić information content (AvgIpc) is 3.39. The normalized spacial score (nSPS) is 15.6. The van der Waals surface area contributed by atoms with E-state index in [9.17, 15) is 13.8 Å². The first-order valence-electron chi connectivity index (χ1n) is 9.40. The SMILES string of the molecule is CNC(=O)c1cc(S(=O)NC(=O)Nc2c3c(cc4c2CCC4)CCC3)nn1C. The minimum absolute atomic E-state index is 0.125. The van der Waals surface area contributed by atoms with Crippen molar-refractivity contribution in [1.29, 1.82) is 0 Å². The smallest absolute Gasteiger partial charge is 0.331 e. The third-order valence-corrected chi connectivity index (χ3v) is 6.35. The van der Waals surface area contributed by atoms with E-state index in [1.165, 1.54) is 40.0 Å². The van der Waals surface area contributed by atoms with Crippen molar-refractivity contribution >= 4 is 28.6 Å². The quantitative estimate of drug-likeness (QED) is 0.724. The fourth-order valence-electron chi connectivity index (χ4n) is 4.11. The number of nitrogens with one attached hydrogen (secondary N) is 3. The van der Waals surface area contributed by atoms with Gasteiger partial charge in [0.15, 0.2) is 16.0 Å². The second-order valence-electron chi connectivity index (χ2n) is 7.13. The molecule has 1 heterocycles. The molecule has 2 aliphatic carbocycles. The fourth-order valence-corrected chi connectivity index (χ4v) is 4.85. The molecule has 3 N–H and O–H groups in total. The van der Waals surface area contributed by atoms with Crippen molar-refractivity contribution < 1.29 is 13.8 Å². The molecule has 4 rings (SSSR count). The summed E-state index contributed by atoms with van der Waals surface area (Å²) in [6, 6.07) is 3.17. The number of aromatic nitrogens is 2. The van der Waals surface area contributed by atoms with Gasteiger partial charge in [-0.2, -0.15) is 5.10 Å². The van der Waals surface area contributed by atoms with E-state index in [1.54, 1.807) is 7.05 Å². The highest BCUT2D eigenvalue weighted by atomic mass is 32.2. The largest absolute Gasteiger partial charge is 0.354 e. The van der Waals surface area contributed by atoms with Crippen LogP contribution < -0.4 is 15.4 Å². The minimum Gasteiger partial charge on any atom is -0.354 e. The number of carbonyl (C=O) groups is 2. The van der Waals surface area contributed by atoms with Crippen LogP contribution in [0.3, 0.4) is 0 Å². The molecule has 0 fully saturated rings. The van der Waals surface area contributed by atoms with Crippen LogP contribution >= 0.6 is 0 Å². The van der Waals surface area contributed by atoms with Crippen molar-refractivity contribution in [3.63, 3.8) is 0 Å². The Morgan fingerprint density at radius 1 is 1.07 bits per heavy atom. The first-order valence-corrected chi connectivity index (χ1v) is 10.5. The Kier molecular flexibility index (Phi) is 4.92. The number of nitrogens with zero attached hydrogens (tertiary/aromatic N) is 2. The first kappa shape index (κ1) is 18.7. The summed E-state index contributed by atoms with van der Waals surface area (Å²) in [5.41, 5.74) is 6.22. The average molecular weight is 401 g/mol. The van der Waals surface area contributed by atoms with Crippen LogP contribution in [0.5, 0.6) is 0 Å². The summed E-state index contributed by atoms with van der Waals surface area (Å²) < 4.78 is 16.3. The lowest BCUT2D eigenvalue weighted by molar-refractivity contribution is 0.0953. The predicted octanol–water partition coefficient (Wildman–Crippen LogP) is 1.60. The van der Waals surface area contributed by atoms with Gasteiger partial charge in [0.2, 0.25) is 0 Å². The maximum absolute atomic E-state index is 12.5. The molecule has 28 heavy (non-hydrogen) atoms. The molecule has 9 heteroatoms. The molecule has 0 radical (unpaired) electrons. The summed E-state index contributed by atoms with van der Waals surface area (Å²) in [6.07, 6.45) is 6.18. The van der Waals surface area contributed by atoms with E-state index < -0.39 is 17.0 Å². The van der Waals surface area contributed by atoms with Gasteiger partial charge < -0.3 is 10.6 Å². The van der Waals surface area contributed by atoms with Crippen LogP contribution in [0, 0.1) is 0 Å². The monoisotopic (exact) mass is 401 g/mol. The molecule has 3 amide bonds. The number of hydrogen-bond donors (Lipinski definition) is 3. The van der Waals surface area contributed by atoms with E-state index in [0.29, 0.717) is 0 Å². The van der Waals surface area contributed by atoms with Crippen molar-refractivity contribution in [1.82, 2.24) is 19.8 Å². The molecule has 0 spiro atoms. The third-order valence-electron chi connectivity index (χ3n) is 5.40. The topological polar surface area (TPSA) is 105 Å². The fraction of sp³-hybridized carbons (Fsp3) is 0.421. The van der Waals surface area contributed by atoms with Crippen LogP contribution in [0.2, 0.25) is 0 Å². The zero-order valence-corrected chi connectivity index (χ0v) is 16.7. The Balaban J connectivity index is 1.52. The molecule has 2 aliphatic rings. The van der Waals surface area contributed by atoms with E-state index in [-0.39, 0.29) is 16.6 Å². The van der Waals surface area contributed by atoms with E-state index in [4.69, 9.17) is 0 Å². The van der Waals surface area contributed by atoms with E-state index >= 15 is 0 Å². The van der Waals surface area contributed by atoms with Crippen LogP contribution in [-0.4, -0.2) is 33.0 Å². The number of benzene rings is 1. The summed E-state index contributed by atoms with van der Waals surface area (Å²) in [5.74, 6) is -0.335. The number of aryl methyl sites for hydroxylation is 3. The second-order valence-corrected chi connectivity index (χ2v) is 8.29. The molecule has 0 aliphatic heterocycles. The number of rotatable bonds is 4. The number of hydrogen-bond acceptors (Lipinski definition) is 4. The predicted molar refractivity (Wildman–Crippen MR) is 106 cm³/mol. The second kappa shape index (κ2) is 7.38. The summed E-state index contributed by atoms with van der Waals surface area (Å²) >= 11 is 0.